The molecule has 0 rings (SSSR count). The molecule has 0 aromatic carbocycles. The molecule has 0 saturated carbocycles. The van der Waals surface area contributed by atoms with E-state index in [9.17, 15) is 5.11 Å². The molecule has 0 aromatic heterocycles. The smallest absolute Gasteiger partial charge is 0.0900 e. The van der Waals surface area contributed by atoms with Crippen molar-refractivity contribution >= 4 is 0 Å². The molecule has 1 N–H and O–H groups in total. The molecule has 0 fully saturated rings. The van der Waals surface area contributed by atoms with E-state index in [0.717, 1.165) is 13.1 Å². The number of aliphatic hydroxyl groups excluding tert-OH is 1. The van der Waals surface area contributed by atoms with Crippen molar-refractivity contribution < 1.29 is 14.6 Å². The Morgan fingerprint density at radius 2 is 1.74 bits per heavy atom. The van der Waals surface area contributed by atoms with Crippen LogP contribution in [0, 0.1) is 0 Å². The molecule has 19 heavy (non-hydrogen) atoms. The zero-order chi connectivity index (χ0) is 14.8. The van der Waals surface area contributed by atoms with Gasteiger partial charge in [-0.15, -0.1) is 0 Å². The van der Waals surface area contributed by atoms with Crippen LogP contribution in [0.3, 0.4) is 0 Å². The van der Waals surface area contributed by atoms with Crippen molar-refractivity contribution in [2.45, 2.75) is 39.0 Å². The molecule has 0 saturated heterocycles. The Bertz CT molecular complexity index is 215. The summed E-state index contributed by atoms with van der Waals surface area (Å²) in [6.07, 6.45) is -0.433. The Hall–Kier alpha value is -0.200. The van der Waals surface area contributed by atoms with E-state index in [1.807, 2.05) is 6.92 Å². The largest absolute Gasteiger partial charge is 0.389 e. The number of aliphatic hydroxyl groups is 1. The molecule has 0 aliphatic carbocycles. The van der Waals surface area contributed by atoms with E-state index in [2.05, 4.69) is 37.7 Å². The van der Waals surface area contributed by atoms with Gasteiger partial charge in [-0.3, -0.25) is 4.90 Å². The molecule has 0 bridgehead atoms. The van der Waals surface area contributed by atoms with Gasteiger partial charge in [0.1, 0.15) is 0 Å². The minimum Gasteiger partial charge on any atom is -0.389 e. The Morgan fingerprint density at radius 3 is 2.21 bits per heavy atom. The second kappa shape index (κ2) is 10.6. The third-order valence-electron chi connectivity index (χ3n) is 3.08. The van der Waals surface area contributed by atoms with E-state index >= 15 is 0 Å². The van der Waals surface area contributed by atoms with Crippen molar-refractivity contribution in [2.24, 2.45) is 0 Å². The SMILES string of the molecule is CCN(CC(O)COC(C)COC)C(C)CN(C)C. The zero-order valence-corrected chi connectivity index (χ0v) is 13.4. The monoisotopic (exact) mass is 276 g/mol. The van der Waals surface area contributed by atoms with Gasteiger partial charge in [0.2, 0.25) is 0 Å². The molecule has 0 aliphatic heterocycles. The maximum absolute atomic E-state index is 10.0. The van der Waals surface area contributed by atoms with Crippen LogP contribution in [0.4, 0.5) is 0 Å². The molecular weight excluding hydrogens is 244 g/mol. The van der Waals surface area contributed by atoms with E-state index in [1.54, 1.807) is 7.11 Å². The summed E-state index contributed by atoms with van der Waals surface area (Å²) in [4.78, 5) is 4.44. The van der Waals surface area contributed by atoms with Crippen molar-refractivity contribution in [3.8, 4) is 0 Å². The van der Waals surface area contributed by atoms with Crippen LogP contribution < -0.4 is 0 Å². The first-order valence-corrected chi connectivity index (χ1v) is 7.08. The summed E-state index contributed by atoms with van der Waals surface area (Å²) in [6, 6.07) is 0.422. The van der Waals surface area contributed by atoms with Gasteiger partial charge in [-0.25, -0.2) is 0 Å². The fourth-order valence-corrected chi connectivity index (χ4v) is 2.15. The van der Waals surface area contributed by atoms with Gasteiger partial charge >= 0.3 is 0 Å². The molecular formula is C14H32N2O3. The number of rotatable bonds is 11. The average Bonchev–Trinajstić information content (AvgIpc) is 2.32. The molecule has 116 valence electrons. The van der Waals surface area contributed by atoms with Crippen LogP contribution in [0.1, 0.15) is 20.8 Å². The maximum Gasteiger partial charge on any atom is 0.0900 e. The lowest BCUT2D eigenvalue weighted by Crippen LogP contribution is -2.44. The molecule has 0 spiro atoms. The van der Waals surface area contributed by atoms with Crippen LogP contribution >= 0.6 is 0 Å². The summed E-state index contributed by atoms with van der Waals surface area (Å²) in [7, 11) is 5.78. The molecule has 0 heterocycles. The van der Waals surface area contributed by atoms with E-state index in [0.29, 0.717) is 25.8 Å². The van der Waals surface area contributed by atoms with Crippen LogP contribution in [0.15, 0.2) is 0 Å². The Balaban J connectivity index is 4.01. The quantitative estimate of drug-likeness (QED) is 0.601. The fourth-order valence-electron chi connectivity index (χ4n) is 2.15. The van der Waals surface area contributed by atoms with E-state index in [4.69, 9.17) is 9.47 Å². The molecule has 0 amide bonds. The van der Waals surface area contributed by atoms with Crippen LogP contribution in [0.2, 0.25) is 0 Å². The van der Waals surface area contributed by atoms with Gasteiger partial charge in [-0.05, 0) is 34.5 Å². The number of methoxy groups -OCH3 is 1. The summed E-state index contributed by atoms with van der Waals surface area (Å²) in [5.74, 6) is 0. The molecule has 0 aliphatic rings. The third kappa shape index (κ3) is 9.35. The van der Waals surface area contributed by atoms with Gasteiger partial charge in [-0.1, -0.05) is 6.92 Å². The van der Waals surface area contributed by atoms with Crippen LogP contribution in [0.25, 0.3) is 0 Å². The maximum atomic E-state index is 10.0. The first kappa shape index (κ1) is 18.8. The highest BCUT2D eigenvalue weighted by atomic mass is 16.5. The summed E-state index contributed by atoms with van der Waals surface area (Å²) >= 11 is 0. The lowest BCUT2D eigenvalue weighted by Gasteiger charge is -2.31. The van der Waals surface area contributed by atoms with Gasteiger partial charge < -0.3 is 19.5 Å². The second-order valence-electron chi connectivity index (χ2n) is 5.45. The number of ether oxygens (including phenoxy) is 2. The summed E-state index contributed by atoms with van der Waals surface area (Å²) in [5, 5.41) is 10.0. The number of hydrogen-bond acceptors (Lipinski definition) is 5. The lowest BCUT2D eigenvalue weighted by atomic mass is 10.2. The highest BCUT2D eigenvalue weighted by molar-refractivity contribution is 4.72. The molecule has 3 atom stereocenters. The Kier molecular flexibility index (Phi) is 10.5. The van der Waals surface area contributed by atoms with Crippen molar-refractivity contribution in [3.63, 3.8) is 0 Å². The van der Waals surface area contributed by atoms with Crippen molar-refractivity contribution in [3.05, 3.63) is 0 Å². The van der Waals surface area contributed by atoms with Gasteiger partial charge in [0, 0.05) is 26.2 Å². The number of likely N-dealkylation sites (N-methyl/N-ethyl adjacent to an activating group) is 2. The summed E-state index contributed by atoms with van der Waals surface area (Å²) < 4.78 is 10.5. The standard InChI is InChI=1S/C14H32N2O3/c1-7-16(12(2)8-15(4)5)9-14(17)11-19-13(3)10-18-6/h12-14,17H,7-11H2,1-6H3. The molecule has 3 unspecified atom stereocenters. The third-order valence-corrected chi connectivity index (χ3v) is 3.08. The van der Waals surface area contributed by atoms with E-state index < -0.39 is 6.10 Å². The summed E-state index contributed by atoms with van der Waals surface area (Å²) in [5.41, 5.74) is 0. The van der Waals surface area contributed by atoms with Crippen molar-refractivity contribution in [2.75, 3.05) is 54.1 Å². The van der Waals surface area contributed by atoms with Crippen LogP contribution in [-0.4, -0.2) is 87.2 Å². The van der Waals surface area contributed by atoms with E-state index in [1.165, 1.54) is 0 Å². The Morgan fingerprint density at radius 1 is 1.11 bits per heavy atom. The molecule has 0 aromatic rings. The van der Waals surface area contributed by atoms with Crippen LogP contribution in [0.5, 0.6) is 0 Å². The summed E-state index contributed by atoms with van der Waals surface area (Å²) in [6.45, 7) is 9.73. The predicted octanol–water partition coefficient (Wildman–Crippen LogP) is 0.671. The molecule has 0 radical (unpaired) electrons. The minimum absolute atomic E-state index is 0.0222. The lowest BCUT2D eigenvalue weighted by molar-refractivity contribution is -0.0425. The van der Waals surface area contributed by atoms with Gasteiger partial charge in [0.05, 0.1) is 25.4 Å². The van der Waals surface area contributed by atoms with E-state index in [-0.39, 0.29) is 6.10 Å². The van der Waals surface area contributed by atoms with Crippen molar-refractivity contribution in [1.82, 2.24) is 9.80 Å². The predicted molar refractivity (Wildman–Crippen MR) is 78.6 cm³/mol. The Labute approximate surface area is 118 Å². The van der Waals surface area contributed by atoms with Gasteiger partial charge in [0.25, 0.3) is 0 Å². The minimum atomic E-state index is -0.455. The van der Waals surface area contributed by atoms with Gasteiger partial charge in [0.15, 0.2) is 0 Å². The zero-order valence-electron chi connectivity index (χ0n) is 13.4. The highest BCUT2D eigenvalue weighted by Gasteiger charge is 2.17. The number of nitrogens with zero attached hydrogens (tertiary/aromatic N) is 2. The first-order valence-electron chi connectivity index (χ1n) is 7.08. The first-order chi connectivity index (χ1) is 8.90. The molecule has 5 heteroatoms. The highest BCUT2D eigenvalue weighted by Crippen LogP contribution is 2.03. The fraction of sp³-hybridized carbons (Fsp3) is 1.00. The van der Waals surface area contributed by atoms with Crippen molar-refractivity contribution in [1.29, 1.82) is 0 Å². The number of hydrogen-bond donors (Lipinski definition) is 1. The van der Waals surface area contributed by atoms with Gasteiger partial charge in [-0.2, -0.15) is 0 Å². The second-order valence-corrected chi connectivity index (χ2v) is 5.45. The average molecular weight is 276 g/mol. The molecule has 5 nitrogen and oxygen atoms in total. The topological polar surface area (TPSA) is 45.2 Å². The normalized spacial score (nSPS) is 16.9. The van der Waals surface area contributed by atoms with Crippen LogP contribution in [-0.2, 0) is 9.47 Å².